The highest BCUT2D eigenvalue weighted by Crippen LogP contribution is 2.26. The van der Waals surface area contributed by atoms with Crippen molar-refractivity contribution in [2.45, 2.75) is 38.5 Å². The number of nitrogens with two attached hydrogens (primary N) is 1. The number of piperidine rings is 1. The van der Waals surface area contributed by atoms with Gasteiger partial charge in [0.1, 0.15) is 25.5 Å². The number of likely N-dealkylation sites (tertiary alicyclic amines) is 1. The second-order valence-corrected chi connectivity index (χ2v) is 9.38. The minimum atomic E-state index is -0.707. The van der Waals surface area contributed by atoms with E-state index in [-0.39, 0.29) is 61.3 Å². The first kappa shape index (κ1) is 26.9. The van der Waals surface area contributed by atoms with Crippen molar-refractivity contribution in [3.63, 3.8) is 0 Å². The quantitative estimate of drug-likeness (QED) is 0.308. The summed E-state index contributed by atoms with van der Waals surface area (Å²) in [5.74, 6) is -1.68. The van der Waals surface area contributed by atoms with E-state index in [1.165, 1.54) is 6.07 Å². The average Bonchev–Trinajstić information content (AvgIpc) is 2.91. The standard InChI is InChI=1S/C27H32FN5O5/c28-26-20(18-37-25(35)15-23(29)30)7-4-8-22(26)32-13-14-33(24(34)16-32)21-9-11-31(12-10-21)27(36)38-17-19-5-2-1-3-6-19/h1-8,21H,9-18H2,(H3,29,30). The lowest BCUT2D eigenvalue weighted by molar-refractivity contribution is -0.143. The predicted molar refractivity (Wildman–Crippen MR) is 138 cm³/mol. The summed E-state index contributed by atoms with van der Waals surface area (Å²) in [5, 5.41) is 7.14. The van der Waals surface area contributed by atoms with Gasteiger partial charge in [-0.1, -0.05) is 42.5 Å². The van der Waals surface area contributed by atoms with Gasteiger partial charge < -0.3 is 29.9 Å². The minimum absolute atomic E-state index is 0.0136. The van der Waals surface area contributed by atoms with Gasteiger partial charge in [-0.25, -0.2) is 9.18 Å². The first-order chi connectivity index (χ1) is 18.3. The summed E-state index contributed by atoms with van der Waals surface area (Å²) in [6.07, 6.45) is 0.597. The van der Waals surface area contributed by atoms with Crippen LogP contribution in [0.2, 0.25) is 0 Å². The van der Waals surface area contributed by atoms with E-state index in [0.29, 0.717) is 39.0 Å². The highest BCUT2D eigenvalue weighted by Gasteiger charge is 2.34. The number of nitrogens with zero attached hydrogens (tertiary/aromatic N) is 3. The molecule has 2 fully saturated rings. The lowest BCUT2D eigenvalue weighted by Crippen LogP contribution is -2.57. The van der Waals surface area contributed by atoms with Crippen molar-refractivity contribution < 1.29 is 28.2 Å². The van der Waals surface area contributed by atoms with Crippen LogP contribution in [0.5, 0.6) is 0 Å². The molecular weight excluding hydrogens is 493 g/mol. The van der Waals surface area contributed by atoms with Crippen molar-refractivity contribution in [3.8, 4) is 0 Å². The first-order valence-electron chi connectivity index (χ1n) is 12.6. The van der Waals surface area contributed by atoms with Crippen LogP contribution in [0.15, 0.2) is 48.5 Å². The molecule has 0 unspecified atom stereocenters. The number of ether oxygens (including phenoxy) is 2. The Balaban J connectivity index is 1.26. The molecule has 0 aromatic heterocycles. The van der Waals surface area contributed by atoms with E-state index < -0.39 is 11.8 Å². The molecule has 202 valence electrons. The summed E-state index contributed by atoms with van der Waals surface area (Å²) in [5.41, 5.74) is 6.57. The Labute approximate surface area is 220 Å². The zero-order valence-electron chi connectivity index (χ0n) is 21.1. The van der Waals surface area contributed by atoms with Gasteiger partial charge in [-0.05, 0) is 24.5 Å². The van der Waals surface area contributed by atoms with Crippen molar-refractivity contribution in [1.29, 1.82) is 5.41 Å². The minimum Gasteiger partial charge on any atom is -0.460 e. The fourth-order valence-corrected chi connectivity index (χ4v) is 4.74. The summed E-state index contributed by atoms with van der Waals surface area (Å²) >= 11 is 0. The normalized spacial score (nSPS) is 16.3. The maximum Gasteiger partial charge on any atom is 0.410 e. The number of carbonyl (C=O) groups is 3. The molecule has 0 atom stereocenters. The van der Waals surface area contributed by atoms with Crippen LogP contribution in [0.1, 0.15) is 30.4 Å². The van der Waals surface area contributed by atoms with E-state index in [2.05, 4.69) is 0 Å². The number of rotatable bonds is 8. The van der Waals surface area contributed by atoms with Gasteiger partial charge in [-0.15, -0.1) is 0 Å². The van der Waals surface area contributed by atoms with Gasteiger partial charge >= 0.3 is 12.1 Å². The number of piperazine rings is 1. The number of amides is 2. The Bertz CT molecular complexity index is 1170. The van der Waals surface area contributed by atoms with E-state index in [0.717, 1.165) is 5.56 Å². The SMILES string of the molecule is N=C(N)CC(=O)OCc1cccc(N2CCN(C3CCN(C(=O)OCc4ccccc4)CC3)C(=O)C2)c1F. The second kappa shape index (κ2) is 12.4. The average molecular weight is 526 g/mol. The van der Waals surface area contributed by atoms with Crippen molar-refractivity contribution in [3.05, 3.63) is 65.5 Å². The van der Waals surface area contributed by atoms with Crippen LogP contribution in [0.4, 0.5) is 14.9 Å². The number of hydrogen-bond donors (Lipinski definition) is 2. The molecule has 4 rings (SSSR count). The smallest absolute Gasteiger partial charge is 0.410 e. The van der Waals surface area contributed by atoms with Crippen molar-refractivity contribution in [2.75, 3.05) is 37.6 Å². The van der Waals surface area contributed by atoms with Crippen LogP contribution < -0.4 is 10.6 Å². The van der Waals surface area contributed by atoms with Crippen molar-refractivity contribution in [2.24, 2.45) is 5.73 Å². The highest BCUT2D eigenvalue weighted by atomic mass is 19.1. The molecule has 2 aromatic carbocycles. The predicted octanol–water partition coefficient (Wildman–Crippen LogP) is 2.64. The molecule has 0 saturated carbocycles. The van der Waals surface area contributed by atoms with Crippen molar-refractivity contribution >= 4 is 29.5 Å². The Kier molecular flexibility index (Phi) is 8.77. The molecule has 2 aliphatic rings. The number of nitrogens with one attached hydrogen (secondary N) is 1. The number of halogens is 1. The molecule has 11 heteroatoms. The van der Waals surface area contributed by atoms with Gasteiger partial charge in [-0.2, -0.15) is 0 Å². The molecule has 3 N–H and O–H groups in total. The lowest BCUT2D eigenvalue weighted by atomic mass is 10.0. The van der Waals surface area contributed by atoms with Gasteiger partial charge in [0.2, 0.25) is 5.91 Å². The fraction of sp³-hybridized carbons (Fsp3) is 0.407. The van der Waals surface area contributed by atoms with Crippen molar-refractivity contribution in [1.82, 2.24) is 9.80 Å². The summed E-state index contributed by atoms with van der Waals surface area (Å²) in [6.45, 7) is 1.87. The number of anilines is 1. The first-order valence-corrected chi connectivity index (χ1v) is 12.6. The van der Waals surface area contributed by atoms with Gasteiger partial charge in [-0.3, -0.25) is 15.0 Å². The Morgan fingerprint density at radius 3 is 2.39 bits per heavy atom. The van der Waals surface area contributed by atoms with Crippen LogP contribution in [0.25, 0.3) is 0 Å². The molecule has 0 aliphatic carbocycles. The zero-order chi connectivity index (χ0) is 27.1. The van der Waals surface area contributed by atoms with Crippen LogP contribution in [-0.2, 0) is 32.3 Å². The molecule has 10 nitrogen and oxygen atoms in total. The molecule has 2 heterocycles. The van der Waals surface area contributed by atoms with E-state index >= 15 is 4.39 Å². The maximum absolute atomic E-state index is 15.2. The number of benzene rings is 2. The van der Waals surface area contributed by atoms with Crippen LogP contribution in [-0.4, -0.2) is 72.4 Å². The van der Waals surface area contributed by atoms with E-state index in [1.807, 2.05) is 35.2 Å². The topological polar surface area (TPSA) is 129 Å². The van der Waals surface area contributed by atoms with Crippen LogP contribution in [0, 0.1) is 11.2 Å². The van der Waals surface area contributed by atoms with Gasteiger partial charge in [0.25, 0.3) is 0 Å². The summed E-state index contributed by atoms with van der Waals surface area (Å²) < 4.78 is 25.6. The van der Waals surface area contributed by atoms with Crippen LogP contribution >= 0.6 is 0 Å². The molecule has 2 saturated heterocycles. The maximum atomic E-state index is 15.2. The molecule has 2 aromatic rings. The number of hydrogen-bond acceptors (Lipinski definition) is 7. The molecule has 2 amide bonds. The third-order valence-electron chi connectivity index (χ3n) is 6.75. The Hall–Kier alpha value is -4.15. The molecule has 38 heavy (non-hydrogen) atoms. The Morgan fingerprint density at radius 1 is 0.974 bits per heavy atom. The molecule has 0 radical (unpaired) electrons. The van der Waals surface area contributed by atoms with Gasteiger partial charge in [0.05, 0.1) is 12.2 Å². The van der Waals surface area contributed by atoms with Gasteiger partial charge in [0.15, 0.2) is 5.82 Å². The third-order valence-corrected chi connectivity index (χ3v) is 6.75. The lowest BCUT2D eigenvalue weighted by Gasteiger charge is -2.43. The Morgan fingerprint density at radius 2 is 1.71 bits per heavy atom. The number of amidine groups is 1. The van der Waals surface area contributed by atoms with Crippen LogP contribution in [0.3, 0.4) is 0 Å². The number of esters is 1. The largest absolute Gasteiger partial charge is 0.460 e. The second-order valence-electron chi connectivity index (χ2n) is 9.38. The molecular formula is C27H32FN5O5. The van der Waals surface area contributed by atoms with E-state index in [4.69, 9.17) is 20.6 Å². The van der Waals surface area contributed by atoms with E-state index in [9.17, 15) is 14.4 Å². The monoisotopic (exact) mass is 525 g/mol. The zero-order valence-corrected chi connectivity index (χ0v) is 21.1. The molecule has 0 spiro atoms. The summed E-state index contributed by atoms with van der Waals surface area (Å²) in [4.78, 5) is 42.3. The molecule has 0 bridgehead atoms. The fourth-order valence-electron chi connectivity index (χ4n) is 4.74. The summed E-state index contributed by atoms with van der Waals surface area (Å²) in [7, 11) is 0. The summed E-state index contributed by atoms with van der Waals surface area (Å²) in [6, 6.07) is 14.3. The highest BCUT2D eigenvalue weighted by molar-refractivity contribution is 5.94. The third kappa shape index (κ3) is 6.78. The van der Waals surface area contributed by atoms with Gasteiger partial charge in [0, 0.05) is 37.8 Å². The van der Waals surface area contributed by atoms with E-state index in [1.54, 1.807) is 21.9 Å². The molecule has 2 aliphatic heterocycles. The number of carbonyl (C=O) groups excluding carboxylic acids is 3.